The van der Waals surface area contributed by atoms with Crippen LogP contribution in [0.25, 0.3) is 11.4 Å². The molecule has 126 valence electrons. The van der Waals surface area contributed by atoms with E-state index in [9.17, 15) is 9.59 Å². The van der Waals surface area contributed by atoms with Gasteiger partial charge in [0.05, 0.1) is 18.9 Å². The number of rotatable bonds is 6. The van der Waals surface area contributed by atoms with Gasteiger partial charge in [0.25, 0.3) is 0 Å². The number of hydrogen-bond donors (Lipinski definition) is 2. The van der Waals surface area contributed by atoms with E-state index in [0.717, 1.165) is 5.56 Å². The maximum absolute atomic E-state index is 12.0. The van der Waals surface area contributed by atoms with E-state index < -0.39 is 23.8 Å². The molecule has 24 heavy (non-hydrogen) atoms. The Labute approximate surface area is 137 Å². The van der Waals surface area contributed by atoms with Gasteiger partial charge in [-0.05, 0) is 25.5 Å². The first-order chi connectivity index (χ1) is 11.5. The fraction of sp³-hybridized carbons (Fsp3) is 0.375. The molecular formula is C16H17N3O5. The third-order valence-corrected chi connectivity index (χ3v) is 3.94. The predicted molar refractivity (Wildman–Crippen MR) is 82.1 cm³/mol. The van der Waals surface area contributed by atoms with E-state index in [1.54, 1.807) is 20.1 Å². The Morgan fingerprint density at radius 2 is 2.21 bits per heavy atom. The van der Waals surface area contributed by atoms with E-state index in [2.05, 4.69) is 15.5 Å². The van der Waals surface area contributed by atoms with Crippen molar-refractivity contribution >= 4 is 11.9 Å². The van der Waals surface area contributed by atoms with Gasteiger partial charge < -0.3 is 19.7 Å². The van der Waals surface area contributed by atoms with Gasteiger partial charge in [0.15, 0.2) is 0 Å². The number of benzene rings is 1. The number of carbonyl (C=O) groups is 2. The standard InChI is InChI=1S/C16H17N3O5/c1-8(17-14(20)11-7-12(11)16(21)22)15-18-13(19-24-15)9-4-3-5-10(6-9)23-2/h3-6,8,11-12H,7H2,1-2H3,(H,17,20)(H,21,22). The molecule has 2 aromatic rings. The lowest BCUT2D eigenvalue weighted by Gasteiger charge is -2.08. The van der Waals surface area contributed by atoms with Crippen LogP contribution in [0.4, 0.5) is 0 Å². The molecule has 3 unspecified atom stereocenters. The molecule has 1 aliphatic carbocycles. The topological polar surface area (TPSA) is 115 Å². The molecule has 0 bridgehead atoms. The minimum absolute atomic E-state index is 0.258. The number of aliphatic carboxylic acids is 1. The summed E-state index contributed by atoms with van der Waals surface area (Å²) in [5.41, 5.74) is 0.732. The molecule has 1 aromatic heterocycles. The highest BCUT2D eigenvalue weighted by Crippen LogP contribution is 2.39. The van der Waals surface area contributed by atoms with Gasteiger partial charge in [-0.25, -0.2) is 0 Å². The molecule has 1 aromatic carbocycles. The molecule has 2 N–H and O–H groups in total. The van der Waals surface area contributed by atoms with Crippen molar-refractivity contribution in [1.29, 1.82) is 0 Å². The summed E-state index contributed by atoms with van der Waals surface area (Å²) in [6, 6.07) is 6.72. The SMILES string of the molecule is COc1cccc(-c2noc(C(C)NC(=O)C3CC3C(=O)O)n2)c1. The van der Waals surface area contributed by atoms with Crippen LogP contribution in [0, 0.1) is 11.8 Å². The number of amides is 1. The molecule has 0 radical (unpaired) electrons. The van der Waals surface area contributed by atoms with Crippen molar-refractivity contribution in [2.75, 3.05) is 7.11 Å². The van der Waals surface area contributed by atoms with Crippen molar-refractivity contribution in [1.82, 2.24) is 15.5 Å². The molecule has 1 amide bonds. The van der Waals surface area contributed by atoms with Crippen LogP contribution < -0.4 is 10.1 Å². The molecule has 0 aliphatic heterocycles. The average molecular weight is 331 g/mol. The number of aromatic nitrogens is 2. The smallest absolute Gasteiger partial charge is 0.307 e. The Kier molecular flexibility index (Phi) is 4.20. The van der Waals surface area contributed by atoms with Crippen LogP contribution >= 0.6 is 0 Å². The largest absolute Gasteiger partial charge is 0.497 e. The summed E-state index contributed by atoms with van der Waals surface area (Å²) in [5, 5.41) is 15.5. The third kappa shape index (κ3) is 3.22. The maximum atomic E-state index is 12.0. The summed E-state index contributed by atoms with van der Waals surface area (Å²) in [5.74, 6) is -1.00. The lowest BCUT2D eigenvalue weighted by atomic mass is 10.2. The highest BCUT2D eigenvalue weighted by Gasteiger charge is 2.48. The van der Waals surface area contributed by atoms with Gasteiger partial charge in [0.2, 0.25) is 17.6 Å². The summed E-state index contributed by atoms with van der Waals surface area (Å²) in [6.07, 6.45) is 0.368. The second-order valence-corrected chi connectivity index (χ2v) is 5.71. The summed E-state index contributed by atoms with van der Waals surface area (Å²) in [4.78, 5) is 27.1. The minimum atomic E-state index is -0.944. The fourth-order valence-electron chi connectivity index (χ4n) is 2.43. The molecule has 0 saturated heterocycles. The normalized spacial score (nSPS) is 20.2. The zero-order valence-corrected chi connectivity index (χ0v) is 13.2. The van der Waals surface area contributed by atoms with Crippen LogP contribution in [0.15, 0.2) is 28.8 Å². The third-order valence-electron chi connectivity index (χ3n) is 3.94. The Balaban J connectivity index is 1.66. The van der Waals surface area contributed by atoms with Crippen molar-refractivity contribution in [3.63, 3.8) is 0 Å². The molecule has 0 spiro atoms. The van der Waals surface area contributed by atoms with Gasteiger partial charge in [0.1, 0.15) is 11.8 Å². The van der Waals surface area contributed by atoms with Crippen molar-refractivity contribution in [2.45, 2.75) is 19.4 Å². The van der Waals surface area contributed by atoms with Crippen LogP contribution in [-0.4, -0.2) is 34.2 Å². The number of carboxylic acid groups (broad SMARTS) is 1. The molecule has 1 saturated carbocycles. The average Bonchev–Trinajstić information content (AvgIpc) is 3.24. The molecule has 1 heterocycles. The summed E-state index contributed by atoms with van der Waals surface area (Å²) < 4.78 is 10.4. The second kappa shape index (κ2) is 6.31. The van der Waals surface area contributed by atoms with Crippen molar-refractivity contribution in [3.05, 3.63) is 30.2 Å². The monoisotopic (exact) mass is 331 g/mol. The molecule has 1 aliphatic rings. The van der Waals surface area contributed by atoms with Gasteiger partial charge in [-0.15, -0.1) is 0 Å². The highest BCUT2D eigenvalue weighted by atomic mass is 16.5. The molecule has 1 fully saturated rings. The predicted octanol–water partition coefficient (Wildman–Crippen LogP) is 1.64. The first kappa shape index (κ1) is 16.0. The first-order valence-electron chi connectivity index (χ1n) is 7.50. The van der Waals surface area contributed by atoms with E-state index in [4.69, 9.17) is 14.4 Å². The van der Waals surface area contributed by atoms with Gasteiger partial charge in [-0.1, -0.05) is 17.3 Å². The summed E-state index contributed by atoms with van der Waals surface area (Å²) in [6.45, 7) is 1.71. The Morgan fingerprint density at radius 1 is 1.42 bits per heavy atom. The quantitative estimate of drug-likeness (QED) is 0.827. The van der Waals surface area contributed by atoms with E-state index in [1.165, 1.54) is 0 Å². The maximum Gasteiger partial charge on any atom is 0.307 e. The zero-order valence-electron chi connectivity index (χ0n) is 13.2. The first-order valence-corrected chi connectivity index (χ1v) is 7.50. The Morgan fingerprint density at radius 3 is 2.88 bits per heavy atom. The highest BCUT2D eigenvalue weighted by molar-refractivity contribution is 5.89. The van der Waals surface area contributed by atoms with Crippen LogP contribution in [0.5, 0.6) is 5.75 Å². The number of nitrogens with zero attached hydrogens (tertiary/aromatic N) is 2. The Hall–Kier alpha value is -2.90. The van der Waals surface area contributed by atoms with Crippen molar-refractivity contribution in [3.8, 4) is 17.1 Å². The number of ether oxygens (including phenoxy) is 1. The Bertz CT molecular complexity index is 773. The van der Waals surface area contributed by atoms with Crippen LogP contribution in [0.2, 0.25) is 0 Å². The van der Waals surface area contributed by atoms with E-state index in [1.807, 2.05) is 18.2 Å². The van der Waals surface area contributed by atoms with Crippen molar-refractivity contribution < 1.29 is 24.0 Å². The molecular weight excluding hydrogens is 314 g/mol. The second-order valence-electron chi connectivity index (χ2n) is 5.71. The van der Waals surface area contributed by atoms with Crippen molar-refractivity contribution in [2.24, 2.45) is 11.8 Å². The molecule has 8 nitrogen and oxygen atoms in total. The number of hydrogen-bond acceptors (Lipinski definition) is 6. The van der Waals surface area contributed by atoms with Crippen LogP contribution in [0.1, 0.15) is 25.3 Å². The van der Waals surface area contributed by atoms with E-state index in [0.29, 0.717) is 18.0 Å². The van der Waals surface area contributed by atoms with Crippen LogP contribution in [0.3, 0.4) is 0 Å². The molecule has 3 rings (SSSR count). The number of nitrogens with one attached hydrogen (secondary N) is 1. The number of methoxy groups -OCH3 is 1. The van der Waals surface area contributed by atoms with E-state index in [-0.39, 0.29) is 11.8 Å². The zero-order chi connectivity index (χ0) is 17.3. The van der Waals surface area contributed by atoms with Gasteiger partial charge in [0, 0.05) is 5.56 Å². The molecule has 3 atom stereocenters. The fourth-order valence-corrected chi connectivity index (χ4v) is 2.43. The molecule has 8 heteroatoms. The van der Waals surface area contributed by atoms with Gasteiger partial charge in [-0.3, -0.25) is 9.59 Å². The van der Waals surface area contributed by atoms with Crippen LogP contribution in [-0.2, 0) is 9.59 Å². The number of carboxylic acids is 1. The van der Waals surface area contributed by atoms with Gasteiger partial charge >= 0.3 is 5.97 Å². The number of carbonyl (C=O) groups excluding carboxylic acids is 1. The minimum Gasteiger partial charge on any atom is -0.497 e. The summed E-state index contributed by atoms with van der Waals surface area (Å²) in [7, 11) is 1.57. The lowest BCUT2D eigenvalue weighted by Crippen LogP contribution is -2.29. The van der Waals surface area contributed by atoms with E-state index >= 15 is 0 Å². The van der Waals surface area contributed by atoms with Gasteiger partial charge in [-0.2, -0.15) is 4.98 Å². The lowest BCUT2D eigenvalue weighted by molar-refractivity contribution is -0.140. The summed E-state index contributed by atoms with van der Waals surface area (Å²) >= 11 is 0.